The van der Waals surface area contributed by atoms with Crippen LogP contribution in [0.15, 0.2) is 66.8 Å². The summed E-state index contributed by atoms with van der Waals surface area (Å²) in [5.41, 5.74) is 1.27. The molecule has 0 amide bonds. The quantitative estimate of drug-likeness (QED) is 0.345. The highest BCUT2D eigenvalue weighted by Crippen LogP contribution is 2.21. The van der Waals surface area contributed by atoms with Crippen LogP contribution in [0.4, 0.5) is 0 Å². The van der Waals surface area contributed by atoms with Crippen LogP contribution in [0.3, 0.4) is 0 Å². The van der Waals surface area contributed by atoms with Crippen molar-refractivity contribution < 1.29 is 20.1 Å². The molecule has 0 saturated heterocycles. The van der Waals surface area contributed by atoms with E-state index in [0.29, 0.717) is 6.42 Å². The van der Waals surface area contributed by atoms with Crippen molar-refractivity contribution in [3.63, 3.8) is 0 Å². The number of carboxylic acids is 1. The third-order valence-corrected chi connectivity index (χ3v) is 4.52. The molecule has 0 aliphatic rings. The van der Waals surface area contributed by atoms with Crippen molar-refractivity contribution in [2.75, 3.05) is 0 Å². The number of aryl methyl sites for hydroxylation is 1. The Hall–Kier alpha value is -2.61. The maximum atomic E-state index is 10.5. The number of aliphatic hydroxyl groups excluding tert-OH is 2. The molecule has 0 aliphatic carbocycles. The van der Waals surface area contributed by atoms with Crippen LogP contribution in [-0.4, -0.2) is 33.5 Å². The fourth-order valence-electron chi connectivity index (χ4n) is 2.67. The summed E-state index contributed by atoms with van der Waals surface area (Å²) < 4.78 is 0. The van der Waals surface area contributed by atoms with Crippen LogP contribution in [0.1, 0.15) is 51.5 Å². The van der Waals surface area contributed by atoms with Gasteiger partial charge in [-0.25, -0.2) is 0 Å². The van der Waals surface area contributed by atoms with Crippen LogP contribution in [0.5, 0.6) is 0 Å². The second kappa shape index (κ2) is 14.4. The van der Waals surface area contributed by atoms with Crippen LogP contribution >= 0.6 is 0 Å². The van der Waals surface area contributed by atoms with Gasteiger partial charge in [0.2, 0.25) is 0 Å². The minimum atomic E-state index is -1.00. The molecule has 0 radical (unpaired) electrons. The average Bonchev–Trinajstić information content (AvgIpc) is 2.70. The third kappa shape index (κ3) is 12.8. The topological polar surface area (TPSA) is 77.8 Å². The normalized spacial score (nSPS) is 14.1. The third-order valence-electron chi connectivity index (χ3n) is 4.52. The number of benzene rings is 1. The van der Waals surface area contributed by atoms with Crippen LogP contribution in [0, 0.1) is 17.3 Å². The van der Waals surface area contributed by atoms with Crippen molar-refractivity contribution in [3.8, 4) is 11.8 Å². The van der Waals surface area contributed by atoms with Gasteiger partial charge in [-0.3, -0.25) is 4.79 Å². The molecule has 4 nitrogen and oxygen atoms in total. The predicted octanol–water partition coefficient (Wildman–Crippen LogP) is 4.68. The Labute approximate surface area is 180 Å². The highest BCUT2D eigenvalue weighted by Gasteiger charge is 2.13. The molecule has 1 aromatic rings. The maximum absolute atomic E-state index is 10.5. The zero-order valence-electron chi connectivity index (χ0n) is 18.0. The van der Waals surface area contributed by atoms with E-state index in [1.165, 1.54) is 11.6 Å². The monoisotopic (exact) mass is 410 g/mol. The molecule has 0 fully saturated rings. The smallest absolute Gasteiger partial charge is 0.303 e. The lowest BCUT2D eigenvalue weighted by Crippen LogP contribution is -2.23. The number of carbonyl (C=O) groups is 1. The van der Waals surface area contributed by atoms with Gasteiger partial charge in [0.1, 0.15) is 0 Å². The first-order valence-corrected chi connectivity index (χ1v) is 10.4. The Balaban J connectivity index is 2.31. The van der Waals surface area contributed by atoms with Crippen molar-refractivity contribution >= 4 is 5.97 Å². The molecule has 0 saturated carbocycles. The van der Waals surface area contributed by atoms with Gasteiger partial charge < -0.3 is 15.3 Å². The van der Waals surface area contributed by atoms with E-state index in [1.54, 1.807) is 12.2 Å². The van der Waals surface area contributed by atoms with Gasteiger partial charge >= 0.3 is 5.97 Å². The molecular weight excluding hydrogens is 376 g/mol. The Bertz CT molecular complexity index is 763. The first-order chi connectivity index (χ1) is 14.3. The van der Waals surface area contributed by atoms with Gasteiger partial charge in [0.05, 0.1) is 12.2 Å². The van der Waals surface area contributed by atoms with Gasteiger partial charge in [-0.05, 0) is 30.2 Å². The van der Waals surface area contributed by atoms with Crippen LogP contribution < -0.4 is 0 Å². The van der Waals surface area contributed by atoms with Gasteiger partial charge in [-0.2, -0.15) is 0 Å². The van der Waals surface area contributed by atoms with Crippen molar-refractivity contribution in [1.29, 1.82) is 0 Å². The lowest BCUT2D eigenvalue weighted by molar-refractivity contribution is -0.137. The van der Waals surface area contributed by atoms with Crippen molar-refractivity contribution in [2.24, 2.45) is 5.41 Å². The molecule has 4 heteroatoms. The first kappa shape index (κ1) is 25.4. The van der Waals surface area contributed by atoms with E-state index in [1.807, 2.05) is 30.4 Å². The van der Waals surface area contributed by atoms with Crippen molar-refractivity contribution in [1.82, 2.24) is 0 Å². The molecule has 3 N–H and O–H groups in total. The standard InChI is InChI=1S/C26H34O4/c1-26(2,21-12-6-9-16-22-14-7-5-8-15-22)20-11-4-3-10-17-23(27)24(28)18-13-19-25(29)30/h3-5,7-8,10-11,14-15,17,20,23-24,27-28H,9,13,16,18-19,21H2,1-2H3,(H,29,30)/b4-3+,17-10+,20-11-/t23-,24+/m1/s1. The lowest BCUT2D eigenvalue weighted by Gasteiger charge is -2.15. The minimum absolute atomic E-state index is 0.00855. The first-order valence-electron chi connectivity index (χ1n) is 10.4. The summed E-state index contributed by atoms with van der Waals surface area (Å²) in [5, 5.41) is 28.2. The summed E-state index contributed by atoms with van der Waals surface area (Å²) in [6.45, 7) is 4.27. The molecule has 1 aromatic carbocycles. The van der Waals surface area contributed by atoms with E-state index in [-0.39, 0.29) is 18.3 Å². The summed E-state index contributed by atoms with van der Waals surface area (Å²) in [6.07, 6.45) is 12.1. The van der Waals surface area contributed by atoms with E-state index in [4.69, 9.17) is 5.11 Å². The number of aliphatic hydroxyl groups is 2. The van der Waals surface area contributed by atoms with E-state index in [2.05, 4.69) is 43.9 Å². The molecule has 30 heavy (non-hydrogen) atoms. The lowest BCUT2D eigenvalue weighted by atomic mass is 9.89. The molecule has 2 atom stereocenters. The molecule has 0 bridgehead atoms. The second-order valence-corrected chi connectivity index (χ2v) is 7.98. The van der Waals surface area contributed by atoms with Crippen LogP contribution in [0.2, 0.25) is 0 Å². The maximum Gasteiger partial charge on any atom is 0.303 e. The van der Waals surface area contributed by atoms with Gasteiger partial charge in [0.25, 0.3) is 0 Å². The SMILES string of the molecule is CC(C)(\C=C/C=C/C=C/[C@@H](O)[C@@H](O)CCCC(=O)O)CC#CCCc1ccccc1. The summed E-state index contributed by atoms with van der Waals surface area (Å²) >= 11 is 0. The number of hydrogen-bond donors (Lipinski definition) is 3. The fraction of sp³-hybridized carbons (Fsp3) is 0.423. The Morgan fingerprint density at radius 1 is 1.07 bits per heavy atom. The van der Waals surface area contributed by atoms with Crippen molar-refractivity contribution in [2.45, 2.75) is 64.6 Å². The molecular formula is C26H34O4. The highest BCUT2D eigenvalue weighted by molar-refractivity contribution is 5.66. The van der Waals surface area contributed by atoms with Gasteiger partial charge in [-0.1, -0.05) is 80.6 Å². The Morgan fingerprint density at radius 3 is 2.47 bits per heavy atom. The molecule has 0 heterocycles. The van der Waals surface area contributed by atoms with Gasteiger partial charge in [0, 0.05) is 19.3 Å². The molecule has 0 aromatic heterocycles. The van der Waals surface area contributed by atoms with Gasteiger partial charge in [-0.15, -0.1) is 11.8 Å². The minimum Gasteiger partial charge on any atom is -0.481 e. The zero-order chi connectivity index (χ0) is 22.2. The number of hydrogen-bond acceptors (Lipinski definition) is 3. The summed E-state index contributed by atoms with van der Waals surface area (Å²) in [6, 6.07) is 10.4. The van der Waals surface area contributed by atoms with Crippen LogP contribution in [0.25, 0.3) is 0 Å². The number of rotatable bonds is 12. The fourth-order valence-corrected chi connectivity index (χ4v) is 2.67. The summed E-state index contributed by atoms with van der Waals surface area (Å²) in [4.78, 5) is 10.5. The number of aliphatic carboxylic acids is 1. The number of allylic oxidation sites excluding steroid dienone is 5. The predicted molar refractivity (Wildman–Crippen MR) is 122 cm³/mol. The largest absolute Gasteiger partial charge is 0.481 e. The Kier molecular flexibility index (Phi) is 12.2. The van der Waals surface area contributed by atoms with E-state index >= 15 is 0 Å². The van der Waals surface area contributed by atoms with E-state index < -0.39 is 18.2 Å². The average molecular weight is 411 g/mol. The molecule has 0 aliphatic heterocycles. The summed E-state index contributed by atoms with van der Waals surface area (Å²) in [5.74, 6) is 5.61. The Morgan fingerprint density at radius 2 is 1.77 bits per heavy atom. The van der Waals surface area contributed by atoms with E-state index in [0.717, 1.165) is 19.3 Å². The van der Waals surface area contributed by atoms with Crippen LogP contribution in [-0.2, 0) is 11.2 Å². The molecule has 162 valence electrons. The number of carboxylic acid groups (broad SMARTS) is 1. The highest BCUT2D eigenvalue weighted by atomic mass is 16.4. The molecule has 0 spiro atoms. The molecule has 0 unspecified atom stereocenters. The van der Waals surface area contributed by atoms with E-state index in [9.17, 15) is 15.0 Å². The summed E-state index contributed by atoms with van der Waals surface area (Å²) in [7, 11) is 0. The molecule has 1 rings (SSSR count). The van der Waals surface area contributed by atoms with Gasteiger partial charge in [0.15, 0.2) is 0 Å². The zero-order valence-corrected chi connectivity index (χ0v) is 18.0. The van der Waals surface area contributed by atoms with Crippen molar-refractivity contribution in [3.05, 3.63) is 72.4 Å². The second-order valence-electron chi connectivity index (χ2n) is 7.98.